The zero-order valence-corrected chi connectivity index (χ0v) is 20.0. The monoisotopic (exact) mass is 497 g/mol. The fourth-order valence-electron chi connectivity index (χ4n) is 3.19. The molecular weight excluding hydrogens is 474 g/mol. The zero-order chi connectivity index (χ0) is 24.0. The minimum absolute atomic E-state index is 0.112. The van der Waals surface area contributed by atoms with Gasteiger partial charge in [0.05, 0.1) is 24.8 Å². The summed E-state index contributed by atoms with van der Waals surface area (Å²) in [6.45, 7) is 0.838. The van der Waals surface area contributed by atoms with E-state index in [-0.39, 0.29) is 11.7 Å². The zero-order valence-electron chi connectivity index (χ0n) is 18.3. The molecule has 2 heterocycles. The smallest absolute Gasteiger partial charge is 0.230 e. The first-order valence-electron chi connectivity index (χ1n) is 10.3. The van der Waals surface area contributed by atoms with Gasteiger partial charge in [-0.15, -0.1) is 10.2 Å². The molecule has 0 saturated carbocycles. The van der Waals surface area contributed by atoms with Crippen molar-refractivity contribution in [3.05, 3.63) is 84.3 Å². The number of nitrogens with one attached hydrogen (secondary N) is 2. The van der Waals surface area contributed by atoms with Gasteiger partial charge in [0.2, 0.25) is 15.9 Å². The largest absolute Gasteiger partial charge is 0.467 e. The Morgan fingerprint density at radius 1 is 1.03 bits per heavy atom. The Bertz CT molecular complexity index is 1340. The van der Waals surface area contributed by atoms with Crippen molar-refractivity contribution >= 4 is 33.4 Å². The third kappa shape index (κ3) is 6.49. The van der Waals surface area contributed by atoms with Crippen LogP contribution in [0, 0.1) is 0 Å². The van der Waals surface area contributed by atoms with Gasteiger partial charge >= 0.3 is 0 Å². The summed E-state index contributed by atoms with van der Waals surface area (Å²) >= 11 is 1.28. The molecule has 4 rings (SSSR count). The van der Waals surface area contributed by atoms with Crippen LogP contribution in [-0.2, 0) is 27.9 Å². The van der Waals surface area contributed by atoms with Gasteiger partial charge in [-0.3, -0.25) is 14.1 Å². The molecule has 0 unspecified atom stereocenters. The highest BCUT2D eigenvalue weighted by atomic mass is 32.2. The van der Waals surface area contributed by atoms with E-state index in [0.29, 0.717) is 35.5 Å². The molecule has 0 radical (unpaired) electrons. The molecule has 11 heteroatoms. The average Bonchev–Trinajstić information content (AvgIpc) is 3.47. The number of carbonyl (C=O) groups excluding carboxylic acids is 1. The van der Waals surface area contributed by atoms with Gasteiger partial charge in [0.25, 0.3) is 0 Å². The molecule has 0 spiro atoms. The fraction of sp³-hybridized carbons (Fsp3) is 0.174. The predicted octanol–water partition coefficient (Wildman–Crippen LogP) is 3.37. The summed E-state index contributed by atoms with van der Waals surface area (Å²) in [7, 11) is -3.37. The topological polar surface area (TPSA) is 119 Å². The second-order valence-corrected chi connectivity index (χ2v) is 10.2. The van der Waals surface area contributed by atoms with E-state index in [1.165, 1.54) is 11.8 Å². The first-order valence-corrected chi connectivity index (χ1v) is 13.2. The van der Waals surface area contributed by atoms with Gasteiger partial charge in [0, 0.05) is 17.8 Å². The Balaban J connectivity index is 1.49. The molecule has 9 nitrogen and oxygen atoms in total. The lowest BCUT2D eigenvalue weighted by Crippen LogP contribution is -2.24. The van der Waals surface area contributed by atoms with E-state index >= 15 is 0 Å². The number of hydrogen-bond donors (Lipinski definition) is 2. The van der Waals surface area contributed by atoms with Gasteiger partial charge in [-0.1, -0.05) is 42.1 Å². The average molecular weight is 498 g/mol. The van der Waals surface area contributed by atoms with Gasteiger partial charge in [-0.25, -0.2) is 8.42 Å². The van der Waals surface area contributed by atoms with Crippen LogP contribution in [0.3, 0.4) is 0 Å². The van der Waals surface area contributed by atoms with Crippen LogP contribution in [-0.4, -0.2) is 41.1 Å². The highest BCUT2D eigenvalue weighted by Crippen LogP contribution is 2.26. The fourth-order valence-corrected chi connectivity index (χ4v) is 4.52. The first kappa shape index (κ1) is 23.6. The Hall–Kier alpha value is -3.57. The molecule has 4 aromatic rings. The Labute approximate surface area is 201 Å². The normalized spacial score (nSPS) is 11.3. The number of carbonyl (C=O) groups is 1. The van der Waals surface area contributed by atoms with Gasteiger partial charge < -0.3 is 9.73 Å². The van der Waals surface area contributed by atoms with E-state index in [2.05, 4.69) is 20.2 Å². The molecule has 0 aliphatic heterocycles. The van der Waals surface area contributed by atoms with Gasteiger partial charge in [0.15, 0.2) is 11.0 Å². The van der Waals surface area contributed by atoms with E-state index in [4.69, 9.17) is 4.42 Å². The number of amides is 1. The van der Waals surface area contributed by atoms with Crippen LogP contribution in [0.1, 0.15) is 11.3 Å². The molecule has 176 valence electrons. The first-order chi connectivity index (χ1) is 16.4. The van der Waals surface area contributed by atoms with Crippen LogP contribution in [0.4, 0.5) is 5.69 Å². The summed E-state index contributed by atoms with van der Waals surface area (Å²) in [5.74, 6) is 1.36. The number of sulfonamides is 1. The van der Waals surface area contributed by atoms with Crippen molar-refractivity contribution < 1.29 is 17.6 Å². The molecule has 0 atom stereocenters. The maximum absolute atomic E-state index is 12.4. The molecule has 2 aromatic carbocycles. The van der Waals surface area contributed by atoms with Crippen molar-refractivity contribution in [2.45, 2.75) is 18.2 Å². The van der Waals surface area contributed by atoms with Gasteiger partial charge in [0.1, 0.15) is 5.76 Å². The summed E-state index contributed by atoms with van der Waals surface area (Å²) in [5.41, 5.74) is 2.23. The lowest BCUT2D eigenvalue weighted by atomic mass is 10.2. The molecule has 0 aliphatic carbocycles. The van der Waals surface area contributed by atoms with E-state index < -0.39 is 10.0 Å². The summed E-state index contributed by atoms with van der Waals surface area (Å²) in [6.07, 6.45) is 2.69. The molecule has 34 heavy (non-hydrogen) atoms. The quantitative estimate of drug-likeness (QED) is 0.322. The number of anilines is 1. The third-order valence-corrected chi connectivity index (χ3v) is 6.30. The molecule has 2 N–H and O–H groups in total. The predicted molar refractivity (Wildman–Crippen MR) is 131 cm³/mol. The standard InChI is InChI=1S/C23H23N5O4S2/c1-34(30,31)27-19-11-9-18(10-12-19)22-25-26-23(28(22)15-20-8-5-13-32-20)33-16-21(29)24-14-17-6-3-2-4-7-17/h2-13,27H,14-16H2,1H3,(H,24,29). The van der Waals surface area contributed by atoms with E-state index in [1.807, 2.05) is 41.0 Å². The molecule has 0 saturated heterocycles. The lowest BCUT2D eigenvalue weighted by molar-refractivity contribution is -0.118. The number of thioether (sulfide) groups is 1. The minimum atomic E-state index is -3.37. The van der Waals surface area contributed by atoms with E-state index in [1.54, 1.807) is 36.6 Å². The SMILES string of the molecule is CS(=O)(=O)Nc1ccc(-c2nnc(SCC(=O)NCc3ccccc3)n2Cc2ccco2)cc1. The van der Waals surface area contributed by atoms with Crippen molar-refractivity contribution in [3.63, 3.8) is 0 Å². The number of hydrogen-bond acceptors (Lipinski definition) is 7. The highest BCUT2D eigenvalue weighted by molar-refractivity contribution is 7.99. The van der Waals surface area contributed by atoms with Gasteiger partial charge in [-0.05, 0) is 42.0 Å². The van der Waals surface area contributed by atoms with Crippen molar-refractivity contribution in [2.75, 3.05) is 16.7 Å². The van der Waals surface area contributed by atoms with Crippen LogP contribution >= 0.6 is 11.8 Å². The summed E-state index contributed by atoms with van der Waals surface area (Å²) in [5, 5.41) is 12.1. The molecular formula is C23H23N5O4S2. The summed E-state index contributed by atoms with van der Waals surface area (Å²) in [6, 6.07) is 20.2. The summed E-state index contributed by atoms with van der Waals surface area (Å²) < 4.78 is 32.7. The third-order valence-electron chi connectivity index (χ3n) is 4.72. The number of rotatable bonds is 10. The van der Waals surface area contributed by atoms with Crippen molar-refractivity contribution in [2.24, 2.45) is 0 Å². The molecule has 0 aliphatic rings. The van der Waals surface area contributed by atoms with Crippen molar-refractivity contribution in [3.8, 4) is 11.4 Å². The molecule has 0 fully saturated rings. The minimum Gasteiger partial charge on any atom is -0.467 e. The molecule has 2 aromatic heterocycles. The van der Waals surface area contributed by atoms with Crippen molar-refractivity contribution in [1.29, 1.82) is 0 Å². The maximum Gasteiger partial charge on any atom is 0.230 e. The van der Waals surface area contributed by atoms with Crippen molar-refractivity contribution in [1.82, 2.24) is 20.1 Å². The van der Waals surface area contributed by atoms with Crippen LogP contribution < -0.4 is 10.0 Å². The summed E-state index contributed by atoms with van der Waals surface area (Å²) in [4.78, 5) is 12.4. The lowest BCUT2D eigenvalue weighted by Gasteiger charge is -2.10. The molecule has 1 amide bonds. The number of benzene rings is 2. The Morgan fingerprint density at radius 2 is 1.79 bits per heavy atom. The Kier molecular flexibility index (Phi) is 7.33. The van der Waals surface area contributed by atoms with Gasteiger partial charge in [-0.2, -0.15) is 0 Å². The van der Waals surface area contributed by atoms with Crippen LogP contribution in [0.2, 0.25) is 0 Å². The maximum atomic E-state index is 12.4. The second-order valence-electron chi connectivity index (χ2n) is 7.47. The second kappa shape index (κ2) is 10.6. The molecule has 0 bridgehead atoms. The van der Waals surface area contributed by atoms with Crippen LogP contribution in [0.15, 0.2) is 82.6 Å². The Morgan fingerprint density at radius 3 is 2.47 bits per heavy atom. The number of nitrogens with zero attached hydrogens (tertiary/aromatic N) is 3. The van der Waals surface area contributed by atoms with Crippen LogP contribution in [0.5, 0.6) is 0 Å². The van der Waals surface area contributed by atoms with E-state index in [9.17, 15) is 13.2 Å². The number of furan rings is 1. The van der Waals surface area contributed by atoms with E-state index in [0.717, 1.165) is 17.4 Å². The number of aromatic nitrogens is 3. The highest BCUT2D eigenvalue weighted by Gasteiger charge is 2.17. The van der Waals surface area contributed by atoms with Crippen LogP contribution in [0.25, 0.3) is 11.4 Å².